The van der Waals surface area contributed by atoms with Crippen LogP contribution >= 0.6 is 0 Å². The normalized spacial score (nSPS) is 22.9. The van der Waals surface area contributed by atoms with Crippen molar-refractivity contribution >= 4 is 11.8 Å². The highest BCUT2D eigenvalue weighted by Gasteiger charge is 2.35. The summed E-state index contributed by atoms with van der Waals surface area (Å²) in [5.74, 6) is 0.743. The van der Waals surface area contributed by atoms with Gasteiger partial charge in [0, 0.05) is 18.7 Å². The number of amides is 1. The van der Waals surface area contributed by atoms with Crippen LogP contribution in [-0.2, 0) is 11.2 Å². The Morgan fingerprint density at radius 2 is 1.96 bits per heavy atom. The molecule has 2 aromatic rings. The van der Waals surface area contributed by atoms with Crippen molar-refractivity contribution in [3.05, 3.63) is 60.2 Å². The second-order valence-electron chi connectivity index (χ2n) is 7.65. The Labute approximate surface area is 166 Å². The van der Waals surface area contributed by atoms with Gasteiger partial charge in [0.2, 0.25) is 0 Å². The van der Waals surface area contributed by atoms with Gasteiger partial charge in [0.1, 0.15) is 11.9 Å². The van der Waals surface area contributed by atoms with Gasteiger partial charge in [0.05, 0.1) is 19.3 Å². The smallest absolute Gasteiger partial charge is 0.414 e. The Morgan fingerprint density at radius 1 is 1.11 bits per heavy atom. The molecule has 2 unspecified atom stereocenters. The first kappa shape index (κ1) is 18.8. The van der Waals surface area contributed by atoms with Gasteiger partial charge in [-0.1, -0.05) is 42.8 Å². The Morgan fingerprint density at radius 3 is 2.79 bits per heavy atom. The third-order valence-electron chi connectivity index (χ3n) is 5.74. The standard InChI is InChI=1S/C23H28N2O3/c1-27-21-12-7-11-20(15-21)25-17-22(28-23(25)26)16-24-13-6-5-10-19(24)14-18-8-3-2-4-9-18/h2-4,7-9,11-12,15,19,22H,5-6,10,13-14,16-17H2,1H3. The average Bonchev–Trinajstić information content (AvgIpc) is 3.10. The summed E-state index contributed by atoms with van der Waals surface area (Å²) in [6.45, 7) is 2.45. The molecule has 2 heterocycles. The van der Waals surface area contributed by atoms with E-state index in [0.29, 0.717) is 12.6 Å². The van der Waals surface area contributed by atoms with E-state index in [1.165, 1.54) is 24.8 Å². The Hall–Kier alpha value is -2.53. The molecule has 2 aliphatic rings. The zero-order chi connectivity index (χ0) is 19.3. The second kappa shape index (κ2) is 8.65. The molecule has 4 rings (SSSR count). The first-order chi connectivity index (χ1) is 13.7. The molecule has 0 N–H and O–H groups in total. The fourth-order valence-corrected chi connectivity index (χ4v) is 4.29. The molecule has 2 saturated heterocycles. The van der Waals surface area contributed by atoms with Gasteiger partial charge < -0.3 is 9.47 Å². The first-order valence-corrected chi connectivity index (χ1v) is 10.1. The van der Waals surface area contributed by atoms with Crippen molar-refractivity contribution in [2.24, 2.45) is 0 Å². The summed E-state index contributed by atoms with van der Waals surface area (Å²) in [6, 6.07) is 18.8. The molecule has 0 radical (unpaired) electrons. The molecule has 28 heavy (non-hydrogen) atoms. The van der Waals surface area contributed by atoms with E-state index in [2.05, 4.69) is 35.2 Å². The number of rotatable bonds is 6. The quantitative estimate of drug-likeness (QED) is 0.756. The van der Waals surface area contributed by atoms with E-state index < -0.39 is 0 Å². The summed E-state index contributed by atoms with van der Waals surface area (Å²) < 4.78 is 11.0. The number of likely N-dealkylation sites (tertiary alicyclic amines) is 1. The van der Waals surface area contributed by atoms with Crippen LogP contribution in [0.5, 0.6) is 5.75 Å². The van der Waals surface area contributed by atoms with Crippen LogP contribution in [0, 0.1) is 0 Å². The molecule has 5 nitrogen and oxygen atoms in total. The van der Waals surface area contributed by atoms with Crippen molar-refractivity contribution in [2.75, 3.05) is 31.6 Å². The Bertz CT molecular complexity index is 795. The van der Waals surface area contributed by atoms with Gasteiger partial charge in [-0.2, -0.15) is 0 Å². The maximum atomic E-state index is 12.4. The van der Waals surface area contributed by atoms with Crippen molar-refractivity contribution in [1.82, 2.24) is 4.90 Å². The second-order valence-corrected chi connectivity index (χ2v) is 7.65. The maximum Gasteiger partial charge on any atom is 0.414 e. The van der Waals surface area contributed by atoms with E-state index in [1.807, 2.05) is 24.3 Å². The summed E-state index contributed by atoms with van der Waals surface area (Å²) in [4.78, 5) is 16.7. The Kier molecular flexibility index (Phi) is 5.81. The molecule has 0 spiro atoms. The molecule has 0 saturated carbocycles. The molecule has 2 fully saturated rings. The topological polar surface area (TPSA) is 42.0 Å². The van der Waals surface area contributed by atoms with Gasteiger partial charge in [-0.05, 0) is 43.5 Å². The summed E-state index contributed by atoms with van der Waals surface area (Å²) in [7, 11) is 1.63. The molecular weight excluding hydrogens is 352 g/mol. The highest BCUT2D eigenvalue weighted by molar-refractivity contribution is 5.90. The van der Waals surface area contributed by atoms with Crippen molar-refractivity contribution in [3.8, 4) is 5.75 Å². The monoisotopic (exact) mass is 380 g/mol. The first-order valence-electron chi connectivity index (χ1n) is 10.1. The van der Waals surface area contributed by atoms with Gasteiger partial charge in [-0.3, -0.25) is 9.80 Å². The van der Waals surface area contributed by atoms with Crippen LogP contribution in [-0.4, -0.2) is 49.9 Å². The third kappa shape index (κ3) is 4.30. The molecule has 2 aliphatic heterocycles. The lowest BCUT2D eigenvalue weighted by atomic mass is 9.95. The largest absolute Gasteiger partial charge is 0.497 e. The number of cyclic esters (lactones) is 1. The van der Waals surface area contributed by atoms with Crippen molar-refractivity contribution in [1.29, 1.82) is 0 Å². The molecule has 1 amide bonds. The van der Waals surface area contributed by atoms with Gasteiger partial charge in [-0.25, -0.2) is 4.79 Å². The number of anilines is 1. The Balaban J connectivity index is 1.40. The predicted molar refractivity (Wildman–Crippen MR) is 110 cm³/mol. The van der Waals surface area contributed by atoms with E-state index in [-0.39, 0.29) is 12.2 Å². The number of carbonyl (C=O) groups excluding carboxylic acids is 1. The molecule has 0 aromatic heterocycles. The zero-order valence-corrected chi connectivity index (χ0v) is 16.4. The summed E-state index contributed by atoms with van der Waals surface area (Å²) in [5.41, 5.74) is 2.20. The minimum atomic E-state index is -0.269. The van der Waals surface area contributed by atoms with E-state index in [1.54, 1.807) is 12.0 Å². The number of ether oxygens (including phenoxy) is 2. The lowest BCUT2D eigenvalue weighted by molar-refractivity contribution is 0.0727. The minimum Gasteiger partial charge on any atom is -0.497 e. The molecule has 0 aliphatic carbocycles. The number of piperidine rings is 1. The average molecular weight is 380 g/mol. The number of nitrogens with zero attached hydrogens (tertiary/aromatic N) is 2. The number of hydrogen-bond acceptors (Lipinski definition) is 4. The van der Waals surface area contributed by atoms with Crippen LogP contribution in [0.1, 0.15) is 24.8 Å². The number of methoxy groups -OCH3 is 1. The fourth-order valence-electron chi connectivity index (χ4n) is 4.29. The maximum absolute atomic E-state index is 12.4. The van der Waals surface area contributed by atoms with E-state index in [4.69, 9.17) is 9.47 Å². The number of hydrogen-bond donors (Lipinski definition) is 0. The van der Waals surface area contributed by atoms with Gasteiger partial charge in [0.25, 0.3) is 0 Å². The SMILES string of the molecule is COc1cccc(N2CC(CN3CCCCC3Cc3ccccc3)OC2=O)c1. The van der Waals surface area contributed by atoms with Gasteiger partial charge in [-0.15, -0.1) is 0 Å². The van der Waals surface area contributed by atoms with Crippen molar-refractivity contribution in [2.45, 2.75) is 37.8 Å². The van der Waals surface area contributed by atoms with Crippen LogP contribution in [0.15, 0.2) is 54.6 Å². The van der Waals surface area contributed by atoms with Crippen LogP contribution in [0.25, 0.3) is 0 Å². The van der Waals surface area contributed by atoms with Crippen LogP contribution < -0.4 is 9.64 Å². The number of benzene rings is 2. The molecule has 5 heteroatoms. The summed E-state index contributed by atoms with van der Waals surface area (Å²) in [6.07, 6.45) is 4.38. The van der Waals surface area contributed by atoms with E-state index in [0.717, 1.165) is 30.9 Å². The van der Waals surface area contributed by atoms with Crippen molar-refractivity contribution < 1.29 is 14.3 Å². The van der Waals surface area contributed by atoms with Crippen molar-refractivity contribution in [3.63, 3.8) is 0 Å². The lowest BCUT2D eigenvalue weighted by Crippen LogP contribution is -2.45. The molecular formula is C23H28N2O3. The van der Waals surface area contributed by atoms with Crippen LogP contribution in [0.4, 0.5) is 10.5 Å². The third-order valence-corrected chi connectivity index (χ3v) is 5.74. The van der Waals surface area contributed by atoms with Gasteiger partial charge in [0.15, 0.2) is 0 Å². The lowest BCUT2D eigenvalue weighted by Gasteiger charge is -2.36. The summed E-state index contributed by atoms with van der Waals surface area (Å²) >= 11 is 0. The molecule has 2 atom stereocenters. The zero-order valence-electron chi connectivity index (χ0n) is 16.4. The van der Waals surface area contributed by atoms with Crippen LogP contribution in [0.3, 0.4) is 0 Å². The van der Waals surface area contributed by atoms with Crippen LogP contribution in [0.2, 0.25) is 0 Å². The highest BCUT2D eigenvalue weighted by atomic mass is 16.6. The molecule has 148 valence electrons. The summed E-state index contributed by atoms with van der Waals surface area (Å²) in [5, 5.41) is 0. The van der Waals surface area contributed by atoms with E-state index >= 15 is 0 Å². The molecule has 2 aromatic carbocycles. The van der Waals surface area contributed by atoms with E-state index in [9.17, 15) is 4.79 Å². The fraction of sp³-hybridized carbons (Fsp3) is 0.435. The minimum absolute atomic E-state index is 0.102. The molecule has 0 bridgehead atoms. The number of carbonyl (C=O) groups is 1. The van der Waals surface area contributed by atoms with Gasteiger partial charge >= 0.3 is 6.09 Å². The predicted octanol–water partition coefficient (Wildman–Crippen LogP) is 4.12. The highest BCUT2D eigenvalue weighted by Crippen LogP contribution is 2.27.